The molecule has 7 rings (SSSR count). The molecule has 42 heavy (non-hydrogen) atoms. The van der Waals surface area contributed by atoms with Crippen molar-refractivity contribution in [2.24, 2.45) is 10.2 Å². The predicted octanol–water partition coefficient (Wildman–Crippen LogP) is 9.54. The van der Waals surface area contributed by atoms with Gasteiger partial charge in [0, 0.05) is 16.7 Å². The lowest BCUT2D eigenvalue weighted by molar-refractivity contribution is 0.518. The molecule has 0 saturated heterocycles. The summed E-state index contributed by atoms with van der Waals surface area (Å²) in [7, 11) is 0. The fraction of sp³-hybridized carbons (Fsp3) is 0.135. The Bertz CT molecular complexity index is 1830. The highest BCUT2D eigenvalue weighted by atomic mass is 16.5. The van der Waals surface area contributed by atoms with Crippen LogP contribution in [0.4, 0.5) is 11.4 Å². The van der Waals surface area contributed by atoms with Gasteiger partial charge in [0.1, 0.15) is 18.1 Å². The lowest BCUT2D eigenvalue weighted by Crippen LogP contribution is -2.18. The van der Waals surface area contributed by atoms with Gasteiger partial charge in [0.25, 0.3) is 0 Å². The van der Waals surface area contributed by atoms with Crippen LogP contribution in [0.3, 0.4) is 0 Å². The highest BCUT2D eigenvalue weighted by Gasteiger charge is 2.35. The fourth-order valence-corrected chi connectivity index (χ4v) is 5.98. The van der Waals surface area contributed by atoms with Gasteiger partial charge in [-0.05, 0) is 63.7 Å². The molecule has 1 aliphatic heterocycles. The molecule has 5 heteroatoms. The van der Waals surface area contributed by atoms with Gasteiger partial charge in [0.2, 0.25) is 0 Å². The molecule has 5 aromatic carbocycles. The molecule has 0 radical (unpaired) electrons. The zero-order valence-electron chi connectivity index (χ0n) is 23.7. The minimum Gasteiger partial charge on any atom is -0.455 e. The van der Waals surface area contributed by atoms with Gasteiger partial charge in [0.05, 0.1) is 5.69 Å². The van der Waals surface area contributed by atoms with Crippen LogP contribution in [0, 0.1) is 0 Å². The molecular formula is C37H32N4O. The van der Waals surface area contributed by atoms with Gasteiger partial charge < -0.3 is 10.1 Å². The van der Waals surface area contributed by atoms with E-state index in [1.165, 1.54) is 22.3 Å². The lowest BCUT2D eigenvalue weighted by atomic mass is 9.82. The third kappa shape index (κ3) is 4.68. The molecule has 1 heterocycles. The van der Waals surface area contributed by atoms with E-state index in [1.54, 1.807) is 0 Å². The predicted molar refractivity (Wildman–Crippen MR) is 170 cm³/mol. The van der Waals surface area contributed by atoms with E-state index in [1.807, 2.05) is 54.6 Å². The average molecular weight is 549 g/mol. The molecule has 2 aliphatic rings. The number of anilines is 2. The van der Waals surface area contributed by atoms with E-state index < -0.39 is 0 Å². The van der Waals surface area contributed by atoms with E-state index in [4.69, 9.17) is 4.74 Å². The molecule has 0 bridgehead atoms. The van der Waals surface area contributed by atoms with Crippen molar-refractivity contribution < 1.29 is 4.74 Å². The van der Waals surface area contributed by atoms with E-state index in [9.17, 15) is 0 Å². The van der Waals surface area contributed by atoms with E-state index in [0.29, 0.717) is 11.5 Å². The number of nitrogens with one attached hydrogen (secondary N) is 2. The maximum Gasteiger partial charge on any atom is 0.150 e. The molecular weight excluding hydrogens is 516 g/mol. The van der Waals surface area contributed by atoms with Crippen molar-refractivity contribution in [2.45, 2.75) is 31.6 Å². The molecule has 0 saturated carbocycles. The number of azo groups is 1. The summed E-state index contributed by atoms with van der Waals surface area (Å²) in [6.07, 6.45) is -0.356. The first-order chi connectivity index (χ1) is 20.5. The molecule has 2 atom stereocenters. The summed E-state index contributed by atoms with van der Waals surface area (Å²) in [5.74, 6) is 1.31. The van der Waals surface area contributed by atoms with E-state index in [2.05, 4.69) is 108 Å². The third-order valence-electron chi connectivity index (χ3n) is 8.24. The van der Waals surface area contributed by atoms with Gasteiger partial charge >= 0.3 is 0 Å². The van der Waals surface area contributed by atoms with Crippen LogP contribution in [-0.2, 0) is 5.41 Å². The summed E-state index contributed by atoms with van der Waals surface area (Å²) in [6.45, 7) is 8.87. The van der Waals surface area contributed by atoms with Crippen molar-refractivity contribution in [3.05, 3.63) is 156 Å². The zero-order valence-corrected chi connectivity index (χ0v) is 23.7. The third-order valence-corrected chi connectivity index (χ3v) is 8.24. The van der Waals surface area contributed by atoms with Gasteiger partial charge in [-0.1, -0.05) is 111 Å². The molecule has 206 valence electrons. The normalized spacial score (nSPS) is 17.9. The number of rotatable bonds is 7. The minimum atomic E-state index is -0.210. The van der Waals surface area contributed by atoms with E-state index >= 15 is 0 Å². The Morgan fingerprint density at radius 2 is 1.40 bits per heavy atom. The topological polar surface area (TPSA) is 58.0 Å². The summed E-state index contributed by atoms with van der Waals surface area (Å²) >= 11 is 0. The van der Waals surface area contributed by atoms with Crippen LogP contribution in [0.2, 0.25) is 0 Å². The van der Waals surface area contributed by atoms with Gasteiger partial charge in [-0.15, -0.1) is 0 Å². The molecule has 0 spiro atoms. The van der Waals surface area contributed by atoms with Crippen molar-refractivity contribution in [1.29, 1.82) is 0 Å². The summed E-state index contributed by atoms with van der Waals surface area (Å²) in [5, 5.41) is 16.0. The summed E-state index contributed by atoms with van der Waals surface area (Å²) in [5.41, 5.74) is 10.0. The number of benzene rings is 5. The number of hydrogen-bond acceptors (Lipinski definition) is 5. The Hall–Kier alpha value is -5.00. The van der Waals surface area contributed by atoms with Gasteiger partial charge in [-0.2, -0.15) is 10.2 Å². The molecule has 2 unspecified atom stereocenters. The van der Waals surface area contributed by atoms with Crippen molar-refractivity contribution in [3.63, 3.8) is 0 Å². The Balaban J connectivity index is 1.09. The van der Waals surface area contributed by atoms with Gasteiger partial charge in [0.15, 0.2) is 5.75 Å². The first-order valence-electron chi connectivity index (χ1n) is 14.3. The van der Waals surface area contributed by atoms with E-state index in [-0.39, 0.29) is 17.7 Å². The molecule has 5 aromatic rings. The molecule has 0 amide bonds. The monoisotopic (exact) mass is 548 g/mol. The van der Waals surface area contributed by atoms with Crippen molar-refractivity contribution in [2.75, 3.05) is 5.32 Å². The van der Waals surface area contributed by atoms with Gasteiger partial charge in [-0.25, -0.2) is 0 Å². The van der Waals surface area contributed by atoms with Crippen LogP contribution < -0.4 is 15.4 Å². The Morgan fingerprint density at radius 1 is 0.714 bits per heavy atom. The lowest BCUT2D eigenvalue weighted by Gasteiger charge is -2.22. The Morgan fingerprint density at radius 3 is 2.26 bits per heavy atom. The second kappa shape index (κ2) is 10.4. The number of hydrogen-bond donors (Lipinski definition) is 2. The molecule has 0 fully saturated rings. The highest BCUT2D eigenvalue weighted by molar-refractivity contribution is 5.82. The summed E-state index contributed by atoms with van der Waals surface area (Å²) in [4.78, 5) is 0. The second-order valence-electron chi connectivity index (χ2n) is 11.3. The first kappa shape index (κ1) is 25.9. The van der Waals surface area contributed by atoms with Crippen LogP contribution in [0.5, 0.6) is 5.75 Å². The summed E-state index contributed by atoms with van der Waals surface area (Å²) in [6, 6.07) is 41.5. The van der Waals surface area contributed by atoms with Crippen molar-refractivity contribution in [1.82, 2.24) is 5.32 Å². The quantitative estimate of drug-likeness (QED) is 0.199. The van der Waals surface area contributed by atoms with Crippen LogP contribution in [0.1, 0.15) is 54.0 Å². The molecule has 5 nitrogen and oxygen atoms in total. The second-order valence-corrected chi connectivity index (χ2v) is 11.3. The minimum absolute atomic E-state index is 0.0818. The van der Waals surface area contributed by atoms with Crippen molar-refractivity contribution in [3.8, 4) is 16.9 Å². The number of nitrogens with zero attached hydrogens (tertiary/aromatic N) is 2. The smallest absolute Gasteiger partial charge is 0.150 e. The molecule has 0 aromatic heterocycles. The number of para-hydroxylation sites is 2. The Labute approximate surface area is 246 Å². The largest absolute Gasteiger partial charge is 0.455 e. The number of fused-ring (bicyclic) bond motifs is 3. The van der Waals surface area contributed by atoms with E-state index in [0.717, 1.165) is 28.1 Å². The Kier molecular flexibility index (Phi) is 6.45. The first-order valence-corrected chi connectivity index (χ1v) is 14.3. The molecule has 2 N–H and O–H groups in total. The maximum absolute atomic E-state index is 6.40. The van der Waals surface area contributed by atoms with Crippen LogP contribution >= 0.6 is 0 Å². The SMILES string of the molecule is C=C(Oc1ccccc1Nc1cccc(C2N=NC(c3ccccc3)N2)c1)c1ccc2c(c1)C(C)(C)c1ccccc1-2. The van der Waals surface area contributed by atoms with Crippen LogP contribution in [-0.4, -0.2) is 0 Å². The van der Waals surface area contributed by atoms with Crippen LogP contribution in [0.15, 0.2) is 138 Å². The van der Waals surface area contributed by atoms with Crippen LogP contribution in [0.25, 0.3) is 16.9 Å². The van der Waals surface area contributed by atoms with Gasteiger partial charge in [-0.3, -0.25) is 5.32 Å². The summed E-state index contributed by atoms with van der Waals surface area (Å²) < 4.78 is 6.40. The van der Waals surface area contributed by atoms with Crippen molar-refractivity contribution >= 4 is 17.1 Å². The number of ether oxygens (including phenoxy) is 1. The highest BCUT2D eigenvalue weighted by Crippen LogP contribution is 2.49. The standard InChI is InChI=1S/C37H32N4O/c1-24(26-20-21-30-29-16-7-8-17-31(29)37(2,3)32(30)23-26)42-34-19-10-9-18-33(34)38-28-15-11-14-27(22-28)36-39-35(40-41-36)25-12-5-4-6-13-25/h4-23,35-36,38-39H,1H2,2-3H3. The fourth-order valence-electron chi connectivity index (χ4n) is 5.98. The maximum atomic E-state index is 6.40. The average Bonchev–Trinajstić information content (AvgIpc) is 3.61. The zero-order chi connectivity index (χ0) is 28.7. The molecule has 1 aliphatic carbocycles.